The molecular formula is C14H10ClN3O. The Balaban J connectivity index is 2.19. The fourth-order valence-corrected chi connectivity index (χ4v) is 1.79. The van der Waals surface area contributed by atoms with Crippen LogP contribution in [0.1, 0.15) is 22.1 Å². The van der Waals surface area contributed by atoms with Gasteiger partial charge in [-0.1, -0.05) is 29.8 Å². The van der Waals surface area contributed by atoms with E-state index in [1.807, 2.05) is 6.07 Å². The summed E-state index contributed by atoms with van der Waals surface area (Å²) in [6, 6.07) is 13.1. The molecule has 0 radical (unpaired) electrons. The summed E-state index contributed by atoms with van der Waals surface area (Å²) in [6.07, 6.45) is 1.57. The number of nitrogens with one attached hydrogen (secondary N) is 1. The highest BCUT2D eigenvalue weighted by Crippen LogP contribution is 2.16. The number of halogens is 1. The summed E-state index contributed by atoms with van der Waals surface area (Å²) in [5.41, 5.74) is 0.825. The van der Waals surface area contributed by atoms with Gasteiger partial charge in [-0.3, -0.25) is 9.78 Å². The van der Waals surface area contributed by atoms with Gasteiger partial charge in [-0.25, -0.2) is 0 Å². The van der Waals surface area contributed by atoms with Crippen molar-refractivity contribution >= 4 is 17.5 Å². The molecule has 94 valence electrons. The first kappa shape index (κ1) is 13.1. The average molecular weight is 272 g/mol. The van der Waals surface area contributed by atoms with Crippen molar-refractivity contribution in [1.82, 2.24) is 10.3 Å². The molecule has 0 aliphatic carbocycles. The highest BCUT2D eigenvalue weighted by molar-refractivity contribution is 6.33. The number of pyridine rings is 1. The number of carbonyl (C=O) groups excluding carboxylic acids is 1. The number of hydrogen-bond acceptors (Lipinski definition) is 3. The molecular weight excluding hydrogens is 262 g/mol. The predicted octanol–water partition coefficient (Wildman–Crippen LogP) is 2.73. The van der Waals surface area contributed by atoms with Gasteiger partial charge in [-0.05, 0) is 24.3 Å². The van der Waals surface area contributed by atoms with Crippen molar-refractivity contribution in [3.8, 4) is 6.07 Å². The number of amides is 1. The van der Waals surface area contributed by atoms with Gasteiger partial charge in [-0.2, -0.15) is 5.26 Å². The molecule has 1 aromatic heterocycles. The molecule has 2 aromatic rings. The number of nitrogens with zero attached hydrogens (tertiary/aromatic N) is 2. The maximum Gasteiger partial charge on any atom is 0.254 e. The van der Waals surface area contributed by atoms with Crippen molar-refractivity contribution in [3.05, 3.63) is 64.9 Å². The van der Waals surface area contributed by atoms with Crippen LogP contribution in [0.3, 0.4) is 0 Å². The summed E-state index contributed by atoms with van der Waals surface area (Å²) in [4.78, 5) is 16.1. The van der Waals surface area contributed by atoms with Crippen LogP contribution < -0.4 is 5.32 Å². The lowest BCUT2D eigenvalue weighted by Gasteiger charge is -2.11. The Bertz CT molecular complexity index is 622. The number of carbonyl (C=O) groups is 1. The van der Waals surface area contributed by atoms with E-state index in [0.29, 0.717) is 16.3 Å². The normalized spacial score (nSPS) is 11.4. The summed E-state index contributed by atoms with van der Waals surface area (Å²) in [5.74, 6) is -0.400. The van der Waals surface area contributed by atoms with Crippen LogP contribution in [0.25, 0.3) is 0 Å². The lowest BCUT2D eigenvalue weighted by atomic mass is 10.1. The third-order valence-electron chi connectivity index (χ3n) is 2.51. The molecule has 1 aromatic carbocycles. The molecule has 0 saturated heterocycles. The number of nitriles is 1. The number of benzene rings is 1. The second-order valence-corrected chi connectivity index (χ2v) is 4.18. The molecule has 1 N–H and O–H groups in total. The van der Waals surface area contributed by atoms with Crippen LogP contribution in [0.5, 0.6) is 0 Å². The third-order valence-corrected chi connectivity index (χ3v) is 2.84. The lowest BCUT2D eigenvalue weighted by Crippen LogP contribution is -2.28. The predicted molar refractivity (Wildman–Crippen MR) is 71.5 cm³/mol. The SMILES string of the molecule is N#CC(NC(=O)c1ccccc1Cl)c1ccccn1. The Kier molecular flexibility index (Phi) is 4.11. The first-order valence-corrected chi connectivity index (χ1v) is 5.96. The van der Waals surface area contributed by atoms with Crippen LogP contribution in [0, 0.1) is 11.3 Å². The smallest absolute Gasteiger partial charge is 0.254 e. The standard InChI is InChI=1S/C14H10ClN3O/c15-11-6-2-1-5-10(11)14(19)18-13(9-16)12-7-3-4-8-17-12/h1-8,13H,(H,18,19). The van der Waals surface area contributed by atoms with Gasteiger partial charge in [0.1, 0.15) is 0 Å². The average Bonchev–Trinajstić information content (AvgIpc) is 2.46. The van der Waals surface area contributed by atoms with Crippen LogP contribution in [-0.4, -0.2) is 10.9 Å². The molecule has 0 bridgehead atoms. The number of aromatic nitrogens is 1. The van der Waals surface area contributed by atoms with E-state index < -0.39 is 11.9 Å². The maximum absolute atomic E-state index is 12.0. The molecule has 1 heterocycles. The highest BCUT2D eigenvalue weighted by atomic mass is 35.5. The fourth-order valence-electron chi connectivity index (χ4n) is 1.57. The zero-order valence-electron chi connectivity index (χ0n) is 9.88. The quantitative estimate of drug-likeness (QED) is 0.933. The summed E-state index contributed by atoms with van der Waals surface area (Å²) >= 11 is 5.93. The van der Waals surface area contributed by atoms with E-state index in [1.54, 1.807) is 48.7 Å². The van der Waals surface area contributed by atoms with Gasteiger partial charge >= 0.3 is 0 Å². The Hall–Kier alpha value is -2.38. The van der Waals surface area contributed by atoms with Gasteiger partial charge < -0.3 is 5.32 Å². The van der Waals surface area contributed by atoms with E-state index in [0.717, 1.165) is 0 Å². The molecule has 19 heavy (non-hydrogen) atoms. The highest BCUT2D eigenvalue weighted by Gasteiger charge is 2.17. The van der Waals surface area contributed by atoms with Crippen LogP contribution in [-0.2, 0) is 0 Å². The van der Waals surface area contributed by atoms with E-state index in [4.69, 9.17) is 16.9 Å². The maximum atomic E-state index is 12.0. The molecule has 1 amide bonds. The Labute approximate surface area is 115 Å². The van der Waals surface area contributed by atoms with Crippen molar-refractivity contribution in [2.45, 2.75) is 6.04 Å². The van der Waals surface area contributed by atoms with E-state index in [2.05, 4.69) is 10.3 Å². The summed E-state index contributed by atoms with van der Waals surface area (Å²) < 4.78 is 0. The molecule has 1 unspecified atom stereocenters. The van der Waals surface area contributed by atoms with Crippen LogP contribution in [0.2, 0.25) is 5.02 Å². The lowest BCUT2D eigenvalue weighted by molar-refractivity contribution is 0.0944. The minimum atomic E-state index is -0.801. The van der Waals surface area contributed by atoms with Gasteiger partial charge in [-0.15, -0.1) is 0 Å². The zero-order valence-corrected chi connectivity index (χ0v) is 10.6. The molecule has 0 saturated carbocycles. The summed E-state index contributed by atoms with van der Waals surface area (Å²) in [5, 5.41) is 12.0. The monoisotopic (exact) mass is 271 g/mol. The van der Waals surface area contributed by atoms with E-state index in [1.165, 1.54) is 0 Å². The third kappa shape index (κ3) is 3.09. The van der Waals surface area contributed by atoms with Crippen molar-refractivity contribution in [2.75, 3.05) is 0 Å². The van der Waals surface area contributed by atoms with Crippen molar-refractivity contribution in [3.63, 3.8) is 0 Å². The molecule has 2 rings (SSSR count). The van der Waals surface area contributed by atoms with Gasteiger partial charge in [0.05, 0.1) is 22.3 Å². The topological polar surface area (TPSA) is 65.8 Å². The molecule has 0 aliphatic rings. The Morgan fingerprint density at radius 3 is 2.63 bits per heavy atom. The van der Waals surface area contributed by atoms with Gasteiger partial charge in [0.15, 0.2) is 6.04 Å². The molecule has 4 nitrogen and oxygen atoms in total. The second-order valence-electron chi connectivity index (χ2n) is 3.77. The van der Waals surface area contributed by atoms with E-state index >= 15 is 0 Å². The summed E-state index contributed by atoms with van der Waals surface area (Å²) in [6.45, 7) is 0. The van der Waals surface area contributed by atoms with Crippen LogP contribution >= 0.6 is 11.6 Å². The van der Waals surface area contributed by atoms with Crippen molar-refractivity contribution in [1.29, 1.82) is 5.26 Å². The van der Waals surface area contributed by atoms with E-state index in [-0.39, 0.29) is 0 Å². The van der Waals surface area contributed by atoms with Crippen LogP contribution in [0.4, 0.5) is 0 Å². The number of rotatable bonds is 3. The minimum Gasteiger partial charge on any atom is -0.331 e. The molecule has 1 atom stereocenters. The molecule has 5 heteroatoms. The minimum absolute atomic E-state index is 0.334. The Morgan fingerprint density at radius 2 is 2.00 bits per heavy atom. The summed E-state index contributed by atoms with van der Waals surface area (Å²) in [7, 11) is 0. The van der Waals surface area contributed by atoms with Gasteiger partial charge in [0.2, 0.25) is 0 Å². The van der Waals surface area contributed by atoms with Gasteiger partial charge in [0.25, 0.3) is 5.91 Å². The Morgan fingerprint density at radius 1 is 1.26 bits per heavy atom. The first-order valence-electron chi connectivity index (χ1n) is 5.58. The molecule has 0 fully saturated rings. The number of hydrogen-bond donors (Lipinski definition) is 1. The van der Waals surface area contributed by atoms with Gasteiger partial charge in [0, 0.05) is 6.20 Å². The van der Waals surface area contributed by atoms with Crippen molar-refractivity contribution < 1.29 is 4.79 Å². The largest absolute Gasteiger partial charge is 0.331 e. The zero-order chi connectivity index (χ0) is 13.7. The van der Waals surface area contributed by atoms with Crippen molar-refractivity contribution in [2.24, 2.45) is 0 Å². The van der Waals surface area contributed by atoms with Crippen LogP contribution in [0.15, 0.2) is 48.7 Å². The molecule has 0 spiro atoms. The fraction of sp³-hybridized carbons (Fsp3) is 0.0714. The molecule has 0 aliphatic heterocycles. The first-order chi connectivity index (χ1) is 9.22. The second kappa shape index (κ2) is 5.98. The van der Waals surface area contributed by atoms with E-state index in [9.17, 15) is 4.79 Å².